The van der Waals surface area contributed by atoms with Gasteiger partial charge in [0.1, 0.15) is 0 Å². The van der Waals surface area contributed by atoms with Crippen LogP contribution in [-0.4, -0.2) is 23.3 Å². The standard InChI is InChI=1S/C10H15N3/c1-3-11-6-9-7(1)5-8(9)10-2-4-12-13-10/h2,4,7-9,11H,1,3,5-6H2,(H,12,13)/t7-,8-,9-/m0/s1. The third-order valence-corrected chi connectivity index (χ3v) is 3.67. The van der Waals surface area contributed by atoms with E-state index < -0.39 is 0 Å². The van der Waals surface area contributed by atoms with Crippen molar-refractivity contribution in [3.05, 3.63) is 18.0 Å². The van der Waals surface area contributed by atoms with Crippen LogP contribution in [-0.2, 0) is 0 Å². The predicted octanol–water partition coefficient (Wildman–Crippen LogP) is 1.12. The molecule has 0 unspecified atom stereocenters. The van der Waals surface area contributed by atoms with Crippen LogP contribution in [0.5, 0.6) is 0 Å². The van der Waals surface area contributed by atoms with E-state index in [1.54, 1.807) is 0 Å². The number of rotatable bonds is 1. The van der Waals surface area contributed by atoms with E-state index in [0.717, 1.165) is 17.8 Å². The zero-order valence-corrected chi connectivity index (χ0v) is 7.66. The van der Waals surface area contributed by atoms with Gasteiger partial charge in [-0.2, -0.15) is 5.10 Å². The molecule has 1 aliphatic heterocycles. The molecule has 1 saturated carbocycles. The molecule has 0 aromatic carbocycles. The summed E-state index contributed by atoms with van der Waals surface area (Å²) in [5, 5.41) is 10.6. The molecule has 13 heavy (non-hydrogen) atoms. The molecular formula is C10H15N3. The molecule has 70 valence electrons. The molecule has 0 bridgehead atoms. The van der Waals surface area contributed by atoms with E-state index in [-0.39, 0.29) is 0 Å². The smallest absolute Gasteiger partial charge is 0.0490 e. The maximum Gasteiger partial charge on any atom is 0.0490 e. The highest BCUT2D eigenvalue weighted by atomic mass is 15.1. The SMILES string of the molecule is c1cc([C@H]2C[C@@H]3CCNC[C@@H]32)[nH]n1. The molecule has 3 nitrogen and oxygen atoms in total. The lowest BCUT2D eigenvalue weighted by atomic mass is 9.61. The molecule has 2 aliphatic rings. The van der Waals surface area contributed by atoms with Crippen LogP contribution in [0.4, 0.5) is 0 Å². The first-order chi connectivity index (χ1) is 6.45. The minimum atomic E-state index is 0.750. The summed E-state index contributed by atoms with van der Waals surface area (Å²) in [5.74, 6) is 2.60. The maximum atomic E-state index is 4.02. The van der Waals surface area contributed by atoms with Crippen LogP contribution in [0.1, 0.15) is 24.5 Å². The summed E-state index contributed by atoms with van der Waals surface area (Å²) >= 11 is 0. The fourth-order valence-corrected chi connectivity index (χ4v) is 2.84. The van der Waals surface area contributed by atoms with Crippen LogP contribution in [0.3, 0.4) is 0 Å². The van der Waals surface area contributed by atoms with Crippen LogP contribution in [0.2, 0.25) is 0 Å². The summed E-state index contributed by atoms with van der Waals surface area (Å²) in [6.45, 7) is 2.42. The minimum Gasteiger partial charge on any atom is -0.316 e. The van der Waals surface area contributed by atoms with Crippen molar-refractivity contribution < 1.29 is 0 Å². The van der Waals surface area contributed by atoms with Crippen molar-refractivity contribution in [2.24, 2.45) is 11.8 Å². The van der Waals surface area contributed by atoms with Crippen molar-refractivity contribution in [1.29, 1.82) is 0 Å². The van der Waals surface area contributed by atoms with Gasteiger partial charge in [-0.1, -0.05) is 0 Å². The average Bonchev–Trinajstić information content (AvgIpc) is 2.60. The Morgan fingerprint density at radius 2 is 2.46 bits per heavy atom. The summed E-state index contributed by atoms with van der Waals surface area (Å²) in [4.78, 5) is 0. The van der Waals surface area contributed by atoms with Gasteiger partial charge in [-0.05, 0) is 43.8 Å². The Balaban J connectivity index is 1.75. The number of aromatic nitrogens is 2. The van der Waals surface area contributed by atoms with Crippen molar-refractivity contribution in [3.63, 3.8) is 0 Å². The molecular weight excluding hydrogens is 162 g/mol. The highest BCUT2D eigenvalue weighted by Gasteiger charge is 2.43. The van der Waals surface area contributed by atoms with E-state index in [0.29, 0.717) is 0 Å². The summed E-state index contributed by atoms with van der Waals surface area (Å²) in [6.07, 6.45) is 4.60. The van der Waals surface area contributed by atoms with E-state index in [9.17, 15) is 0 Å². The van der Waals surface area contributed by atoms with Gasteiger partial charge in [-0.15, -0.1) is 0 Å². The maximum absolute atomic E-state index is 4.02. The minimum absolute atomic E-state index is 0.750. The Hall–Kier alpha value is -0.830. The molecule has 1 aliphatic carbocycles. The molecule has 1 saturated heterocycles. The Bertz CT molecular complexity index is 280. The highest BCUT2D eigenvalue weighted by Crippen LogP contribution is 2.48. The van der Waals surface area contributed by atoms with Gasteiger partial charge >= 0.3 is 0 Å². The summed E-state index contributed by atoms with van der Waals surface area (Å²) in [5.41, 5.74) is 1.34. The Kier molecular flexibility index (Phi) is 1.65. The molecule has 0 spiro atoms. The lowest BCUT2D eigenvalue weighted by Gasteiger charge is -2.47. The van der Waals surface area contributed by atoms with Gasteiger partial charge in [0.05, 0.1) is 0 Å². The van der Waals surface area contributed by atoms with Gasteiger partial charge in [0.25, 0.3) is 0 Å². The fourth-order valence-electron chi connectivity index (χ4n) is 2.84. The van der Waals surface area contributed by atoms with Crippen LogP contribution >= 0.6 is 0 Å². The lowest BCUT2D eigenvalue weighted by molar-refractivity contribution is 0.0909. The molecule has 1 aromatic heterocycles. The number of hydrogen-bond acceptors (Lipinski definition) is 2. The first-order valence-corrected chi connectivity index (χ1v) is 5.15. The van der Waals surface area contributed by atoms with E-state index >= 15 is 0 Å². The van der Waals surface area contributed by atoms with Gasteiger partial charge in [-0.25, -0.2) is 0 Å². The largest absolute Gasteiger partial charge is 0.316 e. The van der Waals surface area contributed by atoms with Gasteiger partial charge in [0.15, 0.2) is 0 Å². The second-order valence-electron chi connectivity index (χ2n) is 4.27. The average molecular weight is 177 g/mol. The quantitative estimate of drug-likeness (QED) is 0.675. The van der Waals surface area contributed by atoms with Crippen molar-refractivity contribution >= 4 is 0 Å². The molecule has 2 heterocycles. The second kappa shape index (κ2) is 2.84. The number of fused-ring (bicyclic) bond motifs is 1. The number of hydrogen-bond donors (Lipinski definition) is 2. The van der Waals surface area contributed by atoms with Crippen LogP contribution in [0.25, 0.3) is 0 Å². The summed E-state index contributed by atoms with van der Waals surface area (Å²) < 4.78 is 0. The van der Waals surface area contributed by atoms with Gasteiger partial charge in [-0.3, -0.25) is 5.10 Å². The highest BCUT2D eigenvalue weighted by molar-refractivity contribution is 5.14. The Morgan fingerprint density at radius 3 is 3.23 bits per heavy atom. The zero-order valence-electron chi connectivity index (χ0n) is 7.66. The van der Waals surface area contributed by atoms with Crippen molar-refractivity contribution in [2.45, 2.75) is 18.8 Å². The van der Waals surface area contributed by atoms with E-state index in [1.807, 2.05) is 6.20 Å². The number of aromatic amines is 1. The van der Waals surface area contributed by atoms with Crippen molar-refractivity contribution in [2.75, 3.05) is 13.1 Å². The lowest BCUT2D eigenvalue weighted by Crippen LogP contribution is -2.47. The number of H-pyrrole nitrogens is 1. The zero-order chi connectivity index (χ0) is 8.67. The van der Waals surface area contributed by atoms with Crippen LogP contribution < -0.4 is 5.32 Å². The van der Waals surface area contributed by atoms with Gasteiger partial charge in [0, 0.05) is 17.8 Å². The van der Waals surface area contributed by atoms with Gasteiger partial charge in [0.2, 0.25) is 0 Å². The van der Waals surface area contributed by atoms with E-state index in [4.69, 9.17) is 0 Å². The Morgan fingerprint density at radius 1 is 1.46 bits per heavy atom. The second-order valence-corrected chi connectivity index (χ2v) is 4.27. The van der Waals surface area contributed by atoms with Crippen molar-refractivity contribution in [3.8, 4) is 0 Å². The van der Waals surface area contributed by atoms with Crippen LogP contribution in [0, 0.1) is 11.8 Å². The number of nitrogens with zero attached hydrogens (tertiary/aromatic N) is 1. The Labute approximate surface area is 77.9 Å². The summed E-state index contributed by atoms with van der Waals surface area (Å²) in [7, 11) is 0. The molecule has 0 amide bonds. The first-order valence-electron chi connectivity index (χ1n) is 5.15. The van der Waals surface area contributed by atoms with E-state index in [2.05, 4.69) is 21.6 Å². The molecule has 3 atom stereocenters. The number of nitrogens with one attached hydrogen (secondary N) is 2. The monoisotopic (exact) mass is 177 g/mol. The molecule has 3 rings (SSSR count). The third kappa shape index (κ3) is 1.10. The molecule has 1 aromatic rings. The van der Waals surface area contributed by atoms with E-state index in [1.165, 1.54) is 31.6 Å². The van der Waals surface area contributed by atoms with Gasteiger partial charge < -0.3 is 5.32 Å². The number of piperidine rings is 1. The summed E-state index contributed by atoms with van der Waals surface area (Å²) in [6, 6.07) is 2.12. The molecule has 2 fully saturated rings. The van der Waals surface area contributed by atoms with Crippen LogP contribution in [0.15, 0.2) is 12.3 Å². The fraction of sp³-hybridized carbons (Fsp3) is 0.700. The topological polar surface area (TPSA) is 40.7 Å². The third-order valence-electron chi connectivity index (χ3n) is 3.67. The molecule has 0 radical (unpaired) electrons. The normalized spacial score (nSPS) is 38.0. The van der Waals surface area contributed by atoms with Crippen molar-refractivity contribution in [1.82, 2.24) is 15.5 Å². The molecule has 2 N–H and O–H groups in total. The first kappa shape index (κ1) is 7.56. The predicted molar refractivity (Wildman–Crippen MR) is 50.4 cm³/mol. The molecule has 3 heteroatoms.